The second-order valence-corrected chi connectivity index (χ2v) is 7.99. The Morgan fingerprint density at radius 2 is 1.73 bits per heavy atom. The summed E-state index contributed by atoms with van der Waals surface area (Å²) < 4.78 is 39.1. The van der Waals surface area contributed by atoms with Crippen molar-refractivity contribution in [2.24, 2.45) is 0 Å². The number of halogens is 1. The van der Waals surface area contributed by atoms with E-state index in [0.29, 0.717) is 6.54 Å². The molecule has 1 heterocycles. The van der Waals surface area contributed by atoms with E-state index in [-0.39, 0.29) is 11.1 Å². The van der Waals surface area contributed by atoms with E-state index in [0.717, 1.165) is 51.3 Å². The SMILES string of the molecule is O=S(=O)(NCCN1CCN(c2ccc(F)cc2)CC1)C1CC1. The minimum absolute atomic E-state index is 0.150. The fourth-order valence-corrected chi connectivity index (χ4v) is 4.09. The lowest BCUT2D eigenvalue weighted by molar-refractivity contribution is 0.262. The molecule has 1 saturated carbocycles. The molecule has 0 aromatic heterocycles. The van der Waals surface area contributed by atoms with Gasteiger partial charge in [-0.2, -0.15) is 0 Å². The lowest BCUT2D eigenvalue weighted by Gasteiger charge is -2.36. The summed E-state index contributed by atoms with van der Waals surface area (Å²) >= 11 is 0. The average molecular weight is 327 g/mol. The Morgan fingerprint density at radius 3 is 2.32 bits per heavy atom. The van der Waals surface area contributed by atoms with Gasteiger partial charge in [-0.15, -0.1) is 0 Å². The van der Waals surface area contributed by atoms with Crippen LogP contribution in [0, 0.1) is 5.82 Å². The molecule has 0 bridgehead atoms. The lowest BCUT2D eigenvalue weighted by Crippen LogP contribution is -2.48. The van der Waals surface area contributed by atoms with E-state index in [9.17, 15) is 12.8 Å². The van der Waals surface area contributed by atoms with Crippen molar-refractivity contribution in [2.45, 2.75) is 18.1 Å². The van der Waals surface area contributed by atoms with Crippen LogP contribution >= 0.6 is 0 Å². The Hall–Kier alpha value is -1.18. The summed E-state index contributed by atoms with van der Waals surface area (Å²) in [6.07, 6.45) is 1.59. The molecule has 7 heteroatoms. The van der Waals surface area contributed by atoms with Crippen LogP contribution in [0.2, 0.25) is 0 Å². The van der Waals surface area contributed by atoms with Crippen LogP contribution in [-0.4, -0.2) is 57.8 Å². The van der Waals surface area contributed by atoms with Gasteiger partial charge in [0.1, 0.15) is 5.82 Å². The van der Waals surface area contributed by atoms with E-state index in [1.54, 1.807) is 12.1 Å². The van der Waals surface area contributed by atoms with Crippen molar-refractivity contribution in [1.29, 1.82) is 0 Å². The highest BCUT2D eigenvalue weighted by Gasteiger charge is 2.35. The van der Waals surface area contributed by atoms with Crippen LogP contribution in [0.5, 0.6) is 0 Å². The first-order valence-electron chi connectivity index (χ1n) is 7.76. The number of hydrogen-bond donors (Lipinski definition) is 1. The molecule has 0 spiro atoms. The second kappa shape index (κ2) is 6.52. The Bertz CT molecular complexity index is 594. The highest BCUT2D eigenvalue weighted by atomic mass is 32.2. The summed E-state index contributed by atoms with van der Waals surface area (Å²) in [7, 11) is -3.07. The third kappa shape index (κ3) is 3.97. The summed E-state index contributed by atoms with van der Waals surface area (Å²) in [5.41, 5.74) is 1.04. The van der Waals surface area contributed by atoms with Crippen molar-refractivity contribution >= 4 is 15.7 Å². The van der Waals surface area contributed by atoms with Crippen LogP contribution in [0.3, 0.4) is 0 Å². The molecule has 2 aliphatic rings. The topological polar surface area (TPSA) is 52.7 Å². The van der Waals surface area contributed by atoms with Crippen LogP contribution in [0.1, 0.15) is 12.8 Å². The first kappa shape index (κ1) is 15.7. The summed E-state index contributed by atoms with van der Waals surface area (Å²) in [5.74, 6) is -0.217. The van der Waals surface area contributed by atoms with E-state index in [1.807, 2.05) is 0 Å². The molecule has 1 aromatic carbocycles. The first-order chi connectivity index (χ1) is 10.5. The van der Waals surface area contributed by atoms with E-state index >= 15 is 0 Å². The number of rotatable bonds is 6. The molecule has 0 unspecified atom stereocenters. The summed E-state index contributed by atoms with van der Waals surface area (Å²) in [5, 5.41) is -0.150. The minimum atomic E-state index is -3.07. The number of nitrogens with one attached hydrogen (secondary N) is 1. The molecule has 5 nitrogen and oxygen atoms in total. The number of hydrogen-bond acceptors (Lipinski definition) is 4. The van der Waals surface area contributed by atoms with E-state index in [4.69, 9.17) is 0 Å². The Balaban J connectivity index is 1.41. The standard InChI is InChI=1S/C15H22FN3O2S/c16-13-1-3-14(4-2-13)19-11-9-18(10-12-19)8-7-17-22(20,21)15-5-6-15/h1-4,15,17H,5-12H2. The van der Waals surface area contributed by atoms with E-state index in [2.05, 4.69) is 14.5 Å². The van der Waals surface area contributed by atoms with Crippen molar-refractivity contribution in [3.63, 3.8) is 0 Å². The zero-order valence-corrected chi connectivity index (χ0v) is 13.4. The number of anilines is 1. The molecule has 22 heavy (non-hydrogen) atoms. The van der Waals surface area contributed by atoms with Crippen molar-refractivity contribution in [3.8, 4) is 0 Å². The van der Waals surface area contributed by atoms with Crippen molar-refractivity contribution in [3.05, 3.63) is 30.1 Å². The molecule has 3 rings (SSSR count). The second-order valence-electron chi connectivity index (χ2n) is 5.94. The van der Waals surface area contributed by atoms with Crippen LogP contribution in [-0.2, 0) is 10.0 Å². The molecule has 0 radical (unpaired) electrons. The predicted octanol–water partition coefficient (Wildman–Crippen LogP) is 1.03. The Kier molecular flexibility index (Phi) is 4.65. The third-order valence-corrected chi connectivity index (χ3v) is 6.21. The first-order valence-corrected chi connectivity index (χ1v) is 9.30. The molecule has 122 valence electrons. The lowest BCUT2D eigenvalue weighted by atomic mass is 10.2. The number of nitrogens with zero attached hydrogens (tertiary/aromatic N) is 2. The molecule has 1 saturated heterocycles. The third-order valence-electron chi connectivity index (χ3n) is 4.26. The van der Waals surface area contributed by atoms with Crippen LogP contribution in [0.25, 0.3) is 0 Å². The highest BCUT2D eigenvalue weighted by Crippen LogP contribution is 2.27. The monoisotopic (exact) mass is 327 g/mol. The van der Waals surface area contributed by atoms with Gasteiger partial charge in [0, 0.05) is 45.0 Å². The number of piperazine rings is 1. The van der Waals surface area contributed by atoms with Gasteiger partial charge in [0.25, 0.3) is 0 Å². The zero-order chi connectivity index (χ0) is 15.6. The molecule has 0 amide bonds. The minimum Gasteiger partial charge on any atom is -0.369 e. The van der Waals surface area contributed by atoms with Crippen molar-refractivity contribution in [1.82, 2.24) is 9.62 Å². The Labute approximate surface area is 131 Å². The number of sulfonamides is 1. The summed E-state index contributed by atoms with van der Waals surface area (Å²) in [6, 6.07) is 6.56. The molecule has 1 aliphatic carbocycles. The number of benzene rings is 1. The molecule has 2 fully saturated rings. The van der Waals surface area contributed by atoms with Crippen molar-refractivity contribution in [2.75, 3.05) is 44.2 Å². The van der Waals surface area contributed by atoms with Gasteiger partial charge in [-0.1, -0.05) is 0 Å². The van der Waals surface area contributed by atoms with Gasteiger partial charge in [-0.25, -0.2) is 17.5 Å². The quantitative estimate of drug-likeness (QED) is 0.848. The molecule has 1 aliphatic heterocycles. The maximum atomic E-state index is 12.9. The van der Waals surface area contributed by atoms with Crippen molar-refractivity contribution < 1.29 is 12.8 Å². The maximum absolute atomic E-state index is 12.9. The van der Waals surface area contributed by atoms with Gasteiger partial charge in [-0.05, 0) is 37.1 Å². The largest absolute Gasteiger partial charge is 0.369 e. The van der Waals surface area contributed by atoms with Crippen LogP contribution in [0.15, 0.2) is 24.3 Å². The molecular formula is C15H22FN3O2S. The van der Waals surface area contributed by atoms with Crippen LogP contribution < -0.4 is 9.62 Å². The summed E-state index contributed by atoms with van der Waals surface area (Å²) in [4.78, 5) is 4.49. The molecular weight excluding hydrogens is 305 g/mol. The fourth-order valence-electron chi connectivity index (χ4n) is 2.72. The van der Waals surface area contributed by atoms with E-state index < -0.39 is 10.0 Å². The summed E-state index contributed by atoms with van der Waals surface area (Å²) in [6.45, 7) is 4.76. The van der Waals surface area contributed by atoms with Gasteiger partial charge in [0.15, 0.2) is 0 Å². The van der Waals surface area contributed by atoms with Gasteiger partial charge in [0.2, 0.25) is 10.0 Å². The van der Waals surface area contributed by atoms with Gasteiger partial charge in [0.05, 0.1) is 5.25 Å². The molecule has 1 aromatic rings. The average Bonchev–Trinajstić information content (AvgIpc) is 3.34. The van der Waals surface area contributed by atoms with Gasteiger partial charge >= 0.3 is 0 Å². The van der Waals surface area contributed by atoms with Gasteiger partial charge < -0.3 is 4.90 Å². The zero-order valence-electron chi connectivity index (χ0n) is 12.5. The van der Waals surface area contributed by atoms with E-state index in [1.165, 1.54) is 12.1 Å². The predicted molar refractivity (Wildman–Crippen MR) is 85.0 cm³/mol. The fraction of sp³-hybridized carbons (Fsp3) is 0.600. The normalized spacial score (nSPS) is 20.3. The van der Waals surface area contributed by atoms with Gasteiger partial charge in [-0.3, -0.25) is 4.90 Å². The maximum Gasteiger partial charge on any atom is 0.214 e. The highest BCUT2D eigenvalue weighted by molar-refractivity contribution is 7.90. The Morgan fingerprint density at radius 1 is 1.09 bits per heavy atom. The van der Waals surface area contributed by atoms with Crippen LogP contribution in [0.4, 0.5) is 10.1 Å². The molecule has 1 N–H and O–H groups in total. The molecule has 0 atom stereocenters. The smallest absolute Gasteiger partial charge is 0.214 e.